The van der Waals surface area contributed by atoms with Crippen molar-refractivity contribution in [3.8, 4) is 0 Å². The van der Waals surface area contributed by atoms with Crippen molar-refractivity contribution in [1.29, 1.82) is 0 Å². The molecule has 1 saturated carbocycles. The van der Waals surface area contributed by atoms with Crippen molar-refractivity contribution in [2.75, 3.05) is 0 Å². The fourth-order valence-corrected chi connectivity index (χ4v) is 3.48. The highest BCUT2D eigenvalue weighted by Gasteiger charge is 2.51. The Morgan fingerprint density at radius 3 is 2.76 bits per heavy atom. The number of fused-ring (bicyclic) bond motifs is 1. The van der Waals surface area contributed by atoms with Crippen LogP contribution < -0.4 is 0 Å². The van der Waals surface area contributed by atoms with Crippen LogP contribution in [0.25, 0.3) is 0 Å². The Bertz CT molecular complexity index is 394. The Morgan fingerprint density at radius 2 is 2.18 bits per heavy atom. The first-order valence-corrected chi connectivity index (χ1v) is 6.46. The zero-order chi connectivity index (χ0) is 12.8. The van der Waals surface area contributed by atoms with E-state index in [1.165, 1.54) is 0 Å². The summed E-state index contributed by atoms with van der Waals surface area (Å²) in [5, 5.41) is 10.9. The van der Waals surface area contributed by atoms with Gasteiger partial charge < -0.3 is 5.11 Å². The molecule has 0 radical (unpaired) electrons. The Hall–Kier alpha value is -0.890. The van der Waals surface area contributed by atoms with E-state index in [2.05, 4.69) is 13.5 Å². The molecule has 2 rings (SSSR count). The smallest absolute Gasteiger partial charge is 0.162 e. The second-order valence-electron chi connectivity index (χ2n) is 5.93. The highest BCUT2D eigenvalue weighted by atomic mass is 16.3. The minimum absolute atomic E-state index is 0.111. The van der Waals surface area contributed by atoms with Crippen LogP contribution in [-0.2, 0) is 4.79 Å². The predicted octanol–water partition coefficient (Wildman–Crippen LogP) is 2.88. The summed E-state index contributed by atoms with van der Waals surface area (Å²) in [6.07, 6.45) is 4.33. The Labute approximate surface area is 103 Å². The molecule has 0 heterocycles. The monoisotopic (exact) mass is 234 g/mol. The van der Waals surface area contributed by atoms with E-state index in [1.807, 2.05) is 13.8 Å². The van der Waals surface area contributed by atoms with E-state index < -0.39 is 5.60 Å². The molecule has 0 bridgehead atoms. The van der Waals surface area contributed by atoms with E-state index in [-0.39, 0.29) is 17.6 Å². The minimum atomic E-state index is -0.920. The molecule has 1 N–H and O–H groups in total. The third-order valence-electron chi connectivity index (χ3n) is 4.66. The van der Waals surface area contributed by atoms with Crippen molar-refractivity contribution in [2.24, 2.45) is 17.8 Å². The highest BCUT2D eigenvalue weighted by Crippen LogP contribution is 2.48. The Morgan fingerprint density at radius 1 is 1.53 bits per heavy atom. The first kappa shape index (κ1) is 12.6. The van der Waals surface area contributed by atoms with Gasteiger partial charge in [-0.25, -0.2) is 0 Å². The van der Waals surface area contributed by atoms with Crippen molar-refractivity contribution in [1.82, 2.24) is 0 Å². The normalized spacial score (nSPS) is 41.8. The van der Waals surface area contributed by atoms with Gasteiger partial charge in [0.1, 0.15) is 0 Å². The van der Waals surface area contributed by atoms with E-state index in [1.54, 1.807) is 6.08 Å². The Balaban J connectivity index is 2.38. The average molecular weight is 234 g/mol. The predicted molar refractivity (Wildman–Crippen MR) is 68.5 cm³/mol. The van der Waals surface area contributed by atoms with Gasteiger partial charge in [-0.2, -0.15) is 0 Å². The number of rotatable bonds is 1. The lowest BCUT2D eigenvalue weighted by molar-refractivity contribution is -0.125. The number of carbonyl (C=O) groups is 1. The van der Waals surface area contributed by atoms with E-state index in [0.29, 0.717) is 12.3 Å². The molecule has 0 unspecified atom stereocenters. The first-order valence-electron chi connectivity index (χ1n) is 6.46. The van der Waals surface area contributed by atoms with Gasteiger partial charge in [0.2, 0.25) is 0 Å². The maximum Gasteiger partial charge on any atom is 0.162 e. The molecule has 0 aliphatic heterocycles. The summed E-state index contributed by atoms with van der Waals surface area (Å²) >= 11 is 0. The zero-order valence-electron chi connectivity index (χ0n) is 11.0. The molecule has 17 heavy (non-hydrogen) atoms. The maximum atomic E-state index is 12.0. The number of aliphatic hydroxyl groups is 1. The van der Waals surface area contributed by atoms with Crippen LogP contribution in [0.2, 0.25) is 0 Å². The van der Waals surface area contributed by atoms with Gasteiger partial charge in [-0.15, -0.1) is 0 Å². The molecular formula is C15H22O2. The lowest BCUT2D eigenvalue weighted by atomic mass is 9.75. The van der Waals surface area contributed by atoms with E-state index in [4.69, 9.17) is 0 Å². The molecule has 2 heteroatoms. The van der Waals surface area contributed by atoms with Gasteiger partial charge in [-0.3, -0.25) is 4.79 Å². The summed E-state index contributed by atoms with van der Waals surface area (Å²) in [5.41, 5.74) is 1.04. The second kappa shape index (κ2) is 4.09. The third-order valence-corrected chi connectivity index (χ3v) is 4.66. The topological polar surface area (TPSA) is 37.3 Å². The van der Waals surface area contributed by atoms with Gasteiger partial charge in [0.25, 0.3) is 0 Å². The van der Waals surface area contributed by atoms with Crippen LogP contribution in [0.1, 0.15) is 40.0 Å². The number of hydrogen-bond acceptors (Lipinski definition) is 2. The maximum absolute atomic E-state index is 12.0. The molecule has 4 atom stereocenters. The summed E-state index contributed by atoms with van der Waals surface area (Å²) in [4.78, 5) is 12.0. The summed E-state index contributed by atoms with van der Waals surface area (Å²) < 4.78 is 0. The number of allylic oxidation sites excluding steroid dienone is 2. The van der Waals surface area contributed by atoms with Gasteiger partial charge in [0.15, 0.2) is 5.78 Å². The van der Waals surface area contributed by atoms with Gasteiger partial charge >= 0.3 is 0 Å². The molecule has 0 aromatic carbocycles. The Kier molecular flexibility index (Phi) is 3.03. The largest absolute Gasteiger partial charge is 0.385 e. The molecule has 1 fully saturated rings. The molecule has 2 aliphatic carbocycles. The van der Waals surface area contributed by atoms with E-state index >= 15 is 0 Å². The number of hydrogen-bond donors (Lipinski definition) is 1. The van der Waals surface area contributed by atoms with Crippen molar-refractivity contribution in [3.05, 3.63) is 23.8 Å². The average Bonchev–Trinajstić information content (AvgIpc) is 2.37. The summed E-state index contributed by atoms with van der Waals surface area (Å²) in [7, 11) is 0. The van der Waals surface area contributed by atoms with Gasteiger partial charge in [0.05, 0.1) is 11.5 Å². The summed E-state index contributed by atoms with van der Waals surface area (Å²) in [6, 6.07) is 0. The molecule has 2 aliphatic rings. The molecule has 0 amide bonds. The van der Waals surface area contributed by atoms with Crippen molar-refractivity contribution in [3.63, 3.8) is 0 Å². The van der Waals surface area contributed by atoms with Crippen LogP contribution in [0.3, 0.4) is 0 Å². The minimum Gasteiger partial charge on any atom is -0.385 e. The molecule has 0 aromatic rings. The van der Waals surface area contributed by atoms with Crippen molar-refractivity contribution < 1.29 is 9.90 Å². The summed E-state index contributed by atoms with van der Waals surface area (Å²) in [6.45, 7) is 10.0. The first-order chi connectivity index (χ1) is 7.86. The van der Waals surface area contributed by atoms with Crippen molar-refractivity contribution >= 4 is 5.78 Å². The fourth-order valence-electron chi connectivity index (χ4n) is 3.48. The van der Waals surface area contributed by atoms with Gasteiger partial charge in [-0.05, 0) is 56.6 Å². The van der Waals surface area contributed by atoms with Gasteiger partial charge in [-0.1, -0.05) is 19.1 Å². The van der Waals surface area contributed by atoms with E-state index in [0.717, 1.165) is 24.0 Å². The molecule has 0 spiro atoms. The SMILES string of the molecule is C=C(C)[C@@H]1CC[C@@H](C)[C@@H]2C(=O)C=C(C)[C@]2(O)C1. The number of carbonyl (C=O) groups excluding carboxylic acids is 1. The van der Waals surface area contributed by atoms with Crippen LogP contribution in [-0.4, -0.2) is 16.5 Å². The lowest BCUT2D eigenvalue weighted by Gasteiger charge is -2.34. The molecule has 2 nitrogen and oxygen atoms in total. The van der Waals surface area contributed by atoms with E-state index in [9.17, 15) is 9.90 Å². The third kappa shape index (κ3) is 1.89. The van der Waals surface area contributed by atoms with Crippen LogP contribution in [0, 0.1) is 17.8 Å². The second-order valence-corrected chi connectivity index (χ2v) is 5.93. The molecule has 0 saturated heterocycles. The zero-order valence-corrected chi connectivity index (χ0v) is 11.0. The highest BCUT2D eigenvalue weighted by molar-refractivity contribution is 5.97. The van der Waals surface area contributed by atoms with Gasteiger partial charge in [0, 0.05) is 0 Å². The lowest BCUT2D eigenvalue weighted by Crippen LogP contribution is -2.41. The van der Waals surface area contributed by atoms with Crippen LogP contribution in [0.4, 0.5) is 0 Å². The fraction of sp³-hybridized carbons (Fsp3) is 0.667. The summed E-state index contributed by atoms with van der Waals surface area (Å²) in [5.74, 6) is 0.471. The standard InChI is InChI=1S/C15H22O2/c1-9(2)12-6-5-10(3)14-13(16)7-11(4)15(14,17)8-12/h7,10,12,14,17H,1,5-6,8H2,2-4H3/t10-,12-,14-,15-/m1/s1. The number of ketones is 1. The molecule has 0 aromatic heterocycles. The van der Waals surface area contributed by atoms with Crippen LogP contribution in [0.5, 0.6) is 0 Å². The molecular weight excluding hydrogens is 212 g/mol. The van der Waals surface area contributed by atoms with Crippen LogP contribution >= 0.6 is 0 Å². The van der Waals surface area contributed by atoms with Crippen LogP contribution in [0.15, 0.2) is 23.8 Å². The van der Waals surface area contributed by atoms with Crippen molar-refractivity contribution in [2.45, 2.75) is 45.6 Å². The molecule has 94 valence electrons. The quantitative estimate of drug-likeness (QED) is 0.708.